The Hall–Kier alpha value is -2.11. The highest BCUT2D eigenvalue weighted by molar-refractivity contribution is 5.56. The Morgan fingerprint density at radius 2 is 1.95 bits per heavy atom. The molecule has 1 N–H and O–H groups in total. The number of hydrogen-bond donors (Lipinski definition) is 1. The molecule has 6 nitrogen and oxygen atoms in total. The molecule has 0 aliphatic carbocycles. The molecule has 0 aliphatic rings. The van der Waals surface area contributed by atoms with Crippen LogP contribution in [0.25, 0.3) is 11.4 Å². The molecule has 0 amide bonds. The highest BCUT2D eigenvalue weighted by Gasteiger charge is 2.12. The van der Waals surface area contributed by atoms with Gasteiger partial charge >= 0.3 is 0 Å². The molecule has 0 aliphatic heterocycles. The van der Waals surface area contributed by atoms with E-state index in [2.05, 4.69) is 39.0 Å². The van der Waals surface area contributed by atoms with Crippen molar-refractivity contribution in [3.05, 3.63) is 18.6 Å². The lowest BCUT2D eigenvalue weighted by atomic mass is 10.3. The Morgan fingerprint density at radius 1 is 1.16 bits per heavy atom. The molecule has 0 fully saturated rings. The molecule has 0 saturated carbocycles. The monoisotopic (exact) mass is 261 g/mol. The summed E-state index contributed by atoms with van der Waals surface area (Å²) in [6, 6.07) is 1.84. The van der Waals surface area contributed by atoms with Gasteiger partial charge in [-0.15, -0.1) is 0 Å². The summed E-state index contributed by atoms with van der Waals surface area (Å²) in [5.74, 6) is 1.91. The fourth-order valence-electron chi connectivity index (χ4n) is 1.77. The van der Waals surface area contributed by atoms with Crippen molar-refractivity contribution in [2.45, 2.75) is 20.8 Å². The Morgan fingerprint density at radius 3 is 2.53 bits per heavy atom. The summed E-state index contributed by atoms with van der Waals surface area (Å²) in [6.45, 7) is 8.66. The van der Waals surface area contributed by atoms with Crippen LogP contribution in [0, 0.1) is 0 Å². The summed E-state index contributed by atoms with van der Waals surface area (Å²) in [5, 5.41) is 3.13. The largest absolute Gasteiger partial charge is 0.472 e. The highest BCUT2D eigenvalue weighted by atomic mass is 16.3. The maximum Gasteiger partial charge on any atom is 0.230 e. The van der Waals surface area contributed by atoms with Crippen molar-refractivity contribution < 1.29 is 4.42 Å². The van der Waals surface area contributed by atoms with Gasteiger partial charge in [0.2, 0.25) is 11.9 Å². The lowest BCUT2D eigenvalue weighted by molar-refractivity contribution is 0.568. The van der Waals surface area contributed by atoms with Gasteiger partial charge in [0.25, 0.3) is 0 Å². The van der Waals surface area contributed by atoms with Crippen LogP contribution in [0.1, 0.15) is 20.8 Å². The van der Waals surface area contributed by atoms with E-state index < -0.39 is 0 Å². The van der Waals surface area contributed by atoms with Crippen LogP contribution in [0.4, 0.5) is 11.9 Å². The molecule has 2 aromatic rings. The summed E-state index contributed by atoms with van der Waals surface area (Å²) in [4.78, 5) is 15.4. The number of hydrogen-bond acceptors (Lipinski definition) is 6. The zero-order valence-corrected chi connectivity index (χ0v) is 11.6. The summed E-state index contributed by atoms with van der Waals surface area (Å²) < 4.78 is 5.09. The lowest BCUT2D eigenvalue weighted by Crippen LogP contribution is -2.25. The van der Waals surface area contributed by atoms with Crippen molar-refractivity contribution in [1.82, 2.24) is 15.0 Å². The van der Waals surface area contributed by atoms with Crippen LogP contribution in [0.5, 0.6) is 0 Å². The number of rotatable bonds is 6. The minimum Gasteiger partial charge on any atom is -0.472 e. The maximum absolute atomic E-state index is 5.09. The third-order valence-electron chi connectivity index (χ3n) is 2.78. The van der Waals surface area contributed by atoms with E-state index in [-0.39, 0.29) is 0 Å². The molecule has 2 heterocycles. The number of furan rings is 1. The van der Waals surface area contributed by atoms with Gasteiger partial charge in [0.1, 0.15) is 6.26 Å². The molecule has 19 heavy (non-hydrogen) atoms. The molecule has 0 saturated heterocycles. The smallest absolute Gasteiger partial charge is 0.230 e. The molecule has 2 rings (SSSR count). The quantitative estimate of drug-likeness (QED) is 0.861. The van der Waals surface area contributed by atoms with Crippen LogP contribution in [0.2, 0.25) is 0 Å². The van der Waals surface area contributed by atoms with E-state index in [0.717, 1.165) is 25.2 Å². The molecule has 0 unspecified atom stereocenters. The lowest BCUT2D eigenvalue weighted by Gasteiger charge is -2.19. The molecule has 6 heteroatoms. The van der Waals surface area contributed by atoms with Crippen LogP contribution in [-0.2, 0) is 0 Å². The first-order valence-corrected chi connectivity index (χ1v) is 6.55. The van der Waals surface area contributed by atoms with Crippen LogP contribution < -0.4 is 10.2 Å². The third-order valence-corrected chi connectivity index (χ3v) is 2.78. The number of nitrogens with zero attached hydrogens (tertiary/aromatic N) is 4. The first-order chi connectivity index (χ1) is 9.28. The molecule has 0 atom stereocenters. The normalized spacial score (nSPS) is 10.5. The van der Waals surface area contributed by atoms with Crippen molar-refractivity contribution >= 4 is 11.9 Å². The third kappa shape index (κ3) is 3.01. The van der Waals surface area contributed by atoms with E-state index >= 15 is 0 Å². The molecular weight excluding hydrogens is 242 g/mol. The van der Waals surface area contributed by atoms with Crippen LogP contribution in [0.3, 0.4) is 0 Å². The van der Waals surface area contributed by atoms with Crippen molar-refractivity contribution in [1.29, 1.82) is 0 Å². The van der Waals surface area contributed by atoms with E-state index in [1.807, 2.05) is 13.0 Å². The van der Waals surface area contributed by atoms with Crippen molar-refractivity contribution in [3.8, 4) is 11.4 Å². The average Bonchev–Trinajstić information content (AvgIpc) is 2.94. The van der Waals surface area contributed by atoms with Crippen LogP contribution in [-0.4, -0.2) is 34.6 Å². The van der Waals surface area contributed by atoms with Gasteiger partial charge in [-0.3, -0.25) is 0 Å². The van der Waals surface area contributed by atoms with Gasteiger partial charge in [-0.05, 0) is 26.8 Å². The van der Waals surface area contributed by atoms with E-state index in [1.165, 1.54) is 0 Å². The Labute approximate surface area is 112 Å². The molecule has 0 radical (unpaired) electrons. The van der Waals surface area contributed by atoms with Crippen LogP contribution >= 0.6 is 0 Å². The summed E-state index contributed by atoms with van der Waals surface area (Å²) in [5.41, 5.74) is 0.856. The maximum atomic E-state index is 5.09. The summed E-state index contributed by atoms with van der Waals surface area (Å²) >= 11 is 0. The molecule has 0 spiro atoms. The van der Waals surface area contributed by atoms with Gasteiger partial charge in [-0.1, -0.05) is 0 Å². The van der Waals surface area contributed by atoms with Gasteiger partial charge in [-0.2, -0.15) is 15.0 Å². The molecule has 102 valence electrons. The standard InChI is InChI=1S/C13H19N5O/c1-4-14-12-15-11(10-7-8-19-9-10)16-13(17-12)18(5-2)6-3/h7-9H,4-6H2,1-3H3,(H,14,15,16,17). The topological polar surface area (TPSA) is 67.1 Å². The Bertz CT molecular complexity index is 508. The Kier molecular flexibility index (Phi) is 4.33. The SMILES string of the molecule is CCNc1nc(-c2ccoc2)nc(N(CC)CC)n1. The summed E-state index contributed by atoms with van der Waals surface area (Å²) in [7, 11) is 0. The minimum absolute atomic E-state index is 0.593. The van der Waals surface area contributed by atoms with Gasteiger partial charge in [-0.25, -0.2) is 0 Å². The fourth-order valence-corrected chi connectivity index (χ4v) is 1.77. The number of anilines is 2. The molecule has 0 bridgehead atoms. The number of aromatic nitrogens is 3. The molecule has 0 aromatic carbocycles. The van der Waals surface area contributed by atoms with E-state index in [1.54, 1.807) is 12.5 Å². The van der Waals surface area contributed by atoms with E-state index in [4.69, 9.17) is 4.42 Å². The van der Waals surface area contributed by atoms with E-state index in [9.17, 15) is 0 Å². The van der Waals surface area contributed by atoms with Gasteiger partial charge < -0.3 is 14.6 Å². The predicted molar refractivity (Wildman–Crippen MR) is 75.3 cm³/mol. The van der Waals surface area contributed by atoms with Crippen molar-refractivity contribution in [3.63, 3.8) is 0 Å². The van der Waals surface area contributed by atoms with Gasteiger partial charge in [0.15, 0.2) is 5.82 Å². The first-order valence-electron chi connectivity index (χ1n) is 6.55. The number of nitrogens with one attached hydrogen (secondary N) is 1. The molecule has 2 aromatic heterocycles. The average molecular weight is 261 g/mol. The van der Waals surface area contributed by atoms with Gasteiger partial charge in [0, 0.05) is 19.6 Å². The van der Waals surface area contributed by atoms with Gasteiger partial charge in [0.05, 0.1) is 11.8 Å². The van der Waals surface area contributed by atoms with Crippen molar-refractivity contribution in [2.24, 2.45) is 0 Å². The second-order valence-corrected chi connectivity index (χ2v) is 4.00. The van der Waals surface area contributed by atoms with Crippen molar-refractivity contribution in [2.75, 3.05) is 29.9 Å². The van der Waals surface area contributed by atoms with Crippen LogP contribution in [0.15, 0.2) is 23.0 Å². The second-order valence-electron chi connectivity index (χ2n) is 4.00. The second kappa shape index (κ2) is 6.17. The minimum atomic E-state index is 0.593. The predicted octanol–water partition coefficient (Wildman–Crippen LogP) is 2.41. The van der Waals surface area contributed by atoms with E-state index in [0.29, 0.717) is 17.7 Å². The zero-order chi connectivity index (χ0) is 13.7. The Balaban J connectivity index is 2.43. The summed E-state index contributed by atoms with van der Waals surface area (Å²) in [6.07, 6.45) is 3.25. The fraction of sp³-hybridized carbons (Fsp3) is 0.462. The highest BCUT2D eigenvalue weighted by Crippen LogP contribution is 2.19. The first kappa shape index (κ1) is 13.3. The zero-order valence-electron chi connectivity index (χ0n) is 11.6. The molecular formula is C13H19N5O.